The molecule has 5 nitrogen and oxygen atoms in total. The van der Waals surface area contributed by atoms with Crippen LogP contribution in [0.2, 0.25) is 0 Å². The summed E-state index contributed by atoms with van der Waals surface area (Å²) in [5, 5.41) is -3.03. The second-order valence-corrected chi connectivity index (χ2v) is 9.74. The van der Waals surface area contributed by atoms with Gasteiger partial charge in [-0.3, -0.25) is 0 Å². The van der Waals surface area contributed by atoms with Crippen LogP contribution in [0.15, 0.2) is 30.6 Å². The average molecular weight is 444 g/mol. The molecule has 0 aliphatic rings. The number of aryl methyl sites for hydroxylation is 1. The van der Waals surface area contributed by atoms with E-state index in [0.717, 1.165) is 0 Å². The number of nitrogens with zero attached hydrogens (tertiary/aromatic N) is 1. The predicted octanol–water partition coefficient (Wildman–Crippen LogP) is 3.37. The fraction of sp³-hybridized carbons (Fsp3) is 0.643. The van der Waals surface area contributed by atoms with E-state index in [1.807, 2.05) is 0 Å². The zero-order chi connectivity index (χ0) is 21.4. The summed E-state index contributed by atoms with van der Waals surface area (Å²) in [4.78, 5) is 0. The number of hydrogen-bond acceptors (Lipinski definition) is 4. The number of aromatic nitrogens is 1. The Kier molecular flexibility index (Phi) is 9.73. The standard InChI is InChI=1S/C11H18N.C3H2F6O4S2/c1-2-3-4-6-9-12-10-7-5-8-11-12;4-2(5,6)14(10,11)1-15(12,13)3(7,8)9/h5,7-8,10-11H,2-4,6,9H2,1H3;1H2/q+1;. The van der Waals surface area contributed by atoms with Crippen molar-refractivity contribution in [2.45, 2.75) is 50.2 Å². The van der Waals surface area contributed by atoms with Crippen LogP contribution < -0.4 is 4.57 Å². The third kappa shape index (κ3) is 9.40. The maximum absolute atomic E-state index is 11.5. The Bertz CT molecular complexity index is 717. The van der Waals surface area contributed by atoms with Crippen molar-refractivity contribution in [3.05, 3.63) is 30.6 Å². The lowest BCUT2D eigenvalue weighted by Gasteiger charge is -2.10. The zero-order valence-electron chi connectivity index (χ0n) is 14.3. The highest BCUT2D eigenvalue weighted by Crippen LogP contribution is 2.30. The predicted molar refractivity (Wildman–Crippen MR) is 85.6 cm³/mol. The summed E-state index contributed by atoms with van der Waals surface area (Å²) in [5.41, 5.74) is -12.1. The summed E-state index contributed by atoms with van der Waals surface area (Å²) in [6.45, 7) is 3.41. The van der Waals surface area contributed by atoms with Crippen LogP contribution >= 0.6 is 0 Å². The van der Waals surface area contributed by atoms with Gasteiger partial charge in [-0.05, 0) is 6.42 Å². The maximum atomic E-state index is 11.5. The van der Waals surface area contributed by atoms with Gasteiger partial charge in [-0.15, -0.1) is 0 Å². The minimum absolute atomic E-state index is 1.17. The quantitative estimate of drug-likeness (QED) is 0.367. The first kappa shape index (κ1) is 25.6. The molecule has 13 heteroatoms. The van der Waals surface area contributed by atoms with Crippen LogP contribution in [0.1, 0.15) is 32.6 Å². The van der Waals surface area contributed by atoms with Crippen molar-refractivity contribution < 1.29 is 47.7 Å². The minimum atomic E-state index is -6.35. The number of halogens is 6. The highest BCUT2D eigenvalue weighted by molar-refractivity contribution is 8.08. The first-order valence-corrected chi connectivity index (χ1v) is 11.0. The molecule has 1 heterocycles. The molecule has 0 aliphatic heterocycles. The van der Waals surface area contributed by atoms with E-state index < -0.39 is 35.8 Å². The smallest absolute Gasteiger partial charge is 0.218 e. The molecular formula is C14H20F6NO4S2+. The molecule has 0 aliphatic carbocycles. The molecule has 0 unspecified atom stereocenters. The number of rotatable bonds is 7. The van der Waals surface area contributed by atoms with E-state index in [0.29, 0.717) is 0 Å². The Balaban J connectivity index is 0.000000511. The second kappa shape index (κ2) is 10.2. The molecular weight excluding hydrogens is 424 g/mol. The molecule has 0 N–H and O–H groups in total. The number of unbranched alkanes of at least 4 members (excludes halogenated alkanes) is 3. The van der Waals surface area contributed by atoms with Gasteiger partial charge in [0.05, 0.1) is 0 Å². The van der Waals surface area contributed by atoms with Crippen molar-refractivity contribution in [3.63, 3.8) is 0 Å². The summed E-state index contributed by atoms with van der Waals surface area (Å²) < 4.78 is 112. The molecule has 0 saturated carbocycles. The largest absolute Gasteiger partial charge is 0.498 e. The van der Waals surface area contributed by atoms with E-state index in [4.69, 9.17) is 0 Å². The third-order valence-electron chi connectivity index (χ3n) is 3.06. The van der Waals surface area contributed by atoms with Gasteiger partial charge in [0.25, 0.3) is 19.7 Å². The molecule has 0 radical (unpaired) electrons. The lowest BCUT2D eigenvalue weighted by molar-refractivity contribution is -0.697. The van der Waals surface area contributed by atoms with Gasteiger partial charge in [-0.25, -0.2) is 21.4 Å². The maximum Gasteiger partial charge on any atom is 0.498 e. The first-order chi connectivity index (χ1) is 12.1. The molecule has 0 fully saturated rings. The fourth-order valence-electron chi connectivity index (χ4n) is 1.64. The van der Waals surface area contributed by atoms with E-state index in [2.05, 4.69) is 42.1 Å². The highest BCUT2D eigenvalue weighted by atomic mass is 32.3. The Morgan fingerprint density at radius 1 is 0.741 bits per heavy atom. The van der Waals surface area contributed by atoms with Gasteiger partial charge in [0, 0.05) is 18.6 Å². The van der Waals surface area contributed by atoms with E-state index in [1.165, 1.54) is 32.2 Å². The summed E-state index contributed by atoms with van der Waals surface area (Å²) in [6.07, 6.45) is 9.62. The summed E-state index contributed by atoms with van der Waals surface area (Å²) in [7, 11) is -12.7. The number of hydrogen-bond donors (Lipinski definition) is 0. The molecule has 0 bridgehead atoms. The van der Waals surface area contributed by atoms with Crippen LogP contribution in [0.25, 0.3) is 0 Å². The molecule has 1 rings (SSSR count). The summed E-state index contributed by atoms with van der Waals surface area (Å²) >= 11 is 0. The van der Waals surface area contributed by atoms with Crippen molar-refractivity contribution in [1.82, 2.24) is 0 Å². The monoisotopic (exact) mass is 444 g/mol. The number of sulfone groups is 2. The Labute approximate surface area is 153 Å². The van der Waals surface area contributed by atoms with Gasteiger partial charge >= 0.3 is 11.0 Å². The number of pyridine rings is 1. The normalized spacial score (nSPS) is 13.0. The van der Waals surface area contributed by atoms with Gasteiger partial charge in [0.2, 0.25) is 0 Å². The van der Waals surface area contributed by atoms with Crippen molar-refractivity contribution in [2.75, 3.05) is 5.08 Å². The van der Waals surface area contributed by atoms with Crippen molar-refractivity contribution in [1.29, 1.82) is 0 Å². The van der Waals surface area contributed by atoms with Crippen molar-refractivity contribution in [2.24, 2.45) is 0 Å². The Morgan fingerprint density at radius 3 is 1.56 bits per heavy atom. The third-order valence-corrected chi connectivity index (χ3v) is 6.96. The lowest BCUT2D eigenvalue weighted by atomic mass is 10.2. The Morgan fingerprint density at radius 2 is 1.19 bits per heavy atom. The average Bonchev–Trinajstić information content (AvgIpc) is 2.50. The van der Waals surface area contributed by atoms with Crippen LogP contribution in [0, 0.1) is 0 Å². The molecule has 0 atom stereocenters. The first-order valence-electron chi connectivity index (χ1n) is 7.66. The Hall–Kier alpha value is -1.37. The van der Waals surface area contributed by atoms with Crippen LogP contribution in [-0.2, 0) is 26.2 Å². The topological polar surface area (TPSA) is 72.2 Å². The highest BCUT2D eigenvalue weighted by Gasteiger charge is 2.55. The minimum Gasteiger partial charge on any atom is -0.218 e. The van der Waals surface area contributed by atoms with Gasteiger partial charge < -0.3 is 0 Å². The number of alkyl halides is 6. The lowest BCUT2D eigenvalue weighted by Crippen LogP contribution is -2.36. The molecule has 0 amide bonds. The summed E-state index contributed by atoms with van der Waals surface area (Å²) in [6, 6.07) is 6.22. The van der Waals surface area contributed by atoms with Crippen LogP contribution in [0.5, 0.6) is 0 Å². The second-order valence-electron chi connectivity index (χ2n) is 5.41. The van der Waals surface area contributed by atoms with Gasteiger partial charge in [0.15, 0.2) is 17.5 Å². The molecule has 158 valence electrons. The van der Waals surface area contributed by atoms with Crippen LogP contribution in [-0.4, -0.2) is 32.9 Å². The summed E-state index contributed by atoms with van der Waals surface area (Å²) in [5.74, 6) is 0. The van der Waals surface area contributed by atoms with E-state index in [-0.39, 0.29) is 0 Å². The van der Waals surface area contributed by atoms with Gasteiger partial charge in [-0.2, -0.15) is 26.3 Å². The molecule has 0 aromatic carbocycles. The van der Waals surface area contributed by atoms with E-state index >= 15 is 0 Å². The van der Waals surface area contributed by atoms with Crippen LogP contribution in [0.3, 0.4) is 0 Å². The molecule has 1 aromatic heterocycles. The molecule has 27 heavy (non-hydrogen) atoms. The molecule has 0 saturated heterocycles. The van der Waals surface area contributed by atoms with Crippen LogP contribution in [0.4, 0.5) is 26.3 Å². The fourth-order valence-corrected chi connectivity index (χ4v) is 4.35. The zero-order valence-corrected chi connectivity index (χ0v) is 15.9. The van der Waals surface area contributed by atoms with E-state index in [9.17, 15) is 43.2 Å². The van der Waals surface area contributed by atoms with Gasteiger partial charge in [0.1, 0.15) is 6.54 Å². The molecule has 0 spiro atoms. The van der Waals surface area contributed by atoms with Crippen molar-refractivity contribution >= 4 is 19.7 Å². The van der Waals surface area contributed by atoms with Gasteiger partial charge in [-0.1, -0.05) is 25.8 Å². The van der Waals surface area contributed by atoms with E-state index in [1.54, 1.807) is 0 Å². The SMILES string of the molecule is CCCCCC[n+]1ccccc1.O=S(=O)(CS(=O)(=O)C(F)(F)F)C(F)(F)F. The molecule has 1 aromatic rings. The van der Waals surface area contributed by atoms with Crippen molar-refractivity contribution in [3.8, 4) is 0 Å².